The molecule has 0 aliphatic heterocycles. The highest BCUT2D eigenvalue weighted by Gasteiger charge is 2.18. The van der Waals surface area contributed by atoms with Crippen molar-refractivity contribution in [3.8, 4) is 0 Å². The number of rotatable bonds is 6. The van der Waals surface area contributed by atoms with Crippen LogP contribution in [0.4, 0.5) is 0 Å². The molecule has 0 amide bonds. The fraction of sp³-hybridized carbons (Fsp3) is 0.529. The molecular formula is C17H24N2O2. The van der Waals surface area contributed by atoms with Gasteiger partial charge in [-0.15, -0.1) is 0 Å². The number of hydrogen-bond acceptors (Lipinski definition) is 4. The standard InChI is InChI=1S/C17H24N2O2/c1-2-3-8-16(18-20)17(19-21)15-11-9-14(10-12-15)13-6-4-5-7-13/h9-13,20-21H,2-8H2,1H3/b18-16+,19-17-. The molecule has 1 aromatic carbocycles. The Labute approximate surface area is 126 Å². The number of benzene rings is 1. The van der Waals surface area contributed by atoms with Crippen molar-refractivity contribution in [1.29, 1.82) is 0 Å². The van der Waals surface area contributed by atoms with Crippen molar-refractivity contribution in [3.05, 3.63) is 35.4 Å². The molecule has 1 aromatic rings. The molecular weight excluding hydrogens is 264 g/mol. The lowest BCUT2D eigenvalue weighted by molar-refractivity contribution is 0.313. The van der Waals surface area contributed by atoms with Crippen LogP contribution in [0.5, 0.6) is 0 Å². The van der Waals surface area contributed by atoms with E-state index in [9.17, 15) is 5.21 Å². The van der Waals surface area contributed by atoms with Crippen LogP contribution in [-0.2, 0) is 0 Å². The minimum atomic E-state index is 0.365. The van der Waals surface area contributed by atoms with Gasteiger partial charge in [0.15, 0.2) is 0 Å². The lowest BCUT2D eigenvalue weighted by Crippen LogP contribution is -2.16. The Morgan fingerprint density at radius 3 is 2.29 bits per heavy atom. The van der Waals surface area contributed by atoms with Crippen LogP contribution in [0.25, 0.3) is 0 Å². The van der Waals surface area contributed by atoms with Crippen LogP contribution >= 0.6 is 0 Å². The second-order valence-electron chi connectivity index (χ2n) is 5.70. The number of nitrogens with zero attached hydrogens (tertiary/aromatic N) is 2. The predicted octanol–water partition coefficient (Wildman–Crippen LogP) is 4.54. The molecule has 0 heterocycles. The van der Waals surface area contributed by atoms with Crippen molar-refractivity contribution in [2.75, 3.05) is 0 Å². The average molecular weight is 288 g/mol. The monoisotopic (exact) mass is 288 g/mol. The van der Waals surface area contributed by atoms with Crippen molar-refractivity contribution in [2.45, 2.75) is 57.8 Å². The molecule has 114 valence electrons. The summed E-state index contributed by atoms with van der Waals surface area (Å²) < 4.78 is 0. The zero-order chi connectivity index (χ0) is 15.1. The molecule has 4 heteroatoms. The zero-order valence-electron chi connectivity index (χ0n) is 12.6. The maximum Gasteiger partial charge on any atom is 0.134 e. The molecule has 2 rings (SSSR count). The van der Waals surface area contributed by atoms with E-state index in [0.29, 0.717) is 23.8 Å². The van der Waals surface area contributed by atoms with Crippen LogP contribution in [0.2, 0.25) is 0 Å². The van der Waals surface area contributed by atoms with Crippen LogP contribution in [-0.4, -0.2) is 21.8 Å². The molecule has 1 saturated carbocycles. The van der Waals surface area contributed by atoms with Gasteiger partial charge >= 0.3 is 0 Å². The van der Waals surface area contributed by atoms with Gasteiger partial charge in [0.1, 0.15) is 11.4 Å². The van der Waals surface area contributed by atoms with Crippen molar-refractivity contribution < 1.29 is 10.4 Å². The fourth-order valence-corrected chi connectivity index (χ4v) is 3.01. The van der Waals surface area contributed by atoms with Gasteiger partial charge < -0.3 is 10.4 Å². The molecule has 0 saturated heterocycles. The molecule has 1 fully saturated rings. The average Bonchev–Trinajstić information content (AvgIpc) is 3.06. The van der Waals surface area contributed by atoms with Gasteiger partial charge in [0.25, 0.3) is 0 Å². The molecule has 0 aromatic heterocycles. The Balaban J connectivity index is 2.15. The Morgan fingerprint density at radius 1 is 1.10 bits per heavy atom. The Hall–Kier alpha value is -1.84. The minimum absolute atomic E-state index is 0.365. The van der Waals surface area contributed by atoms with Gasteiger partial charge in [-0.05, 0) is 37.2 Å². The second kappa shape index (κ2) is 7.81. The summed E-state index contributed by atoms with van der Waals surface area (Å²) in [6, 6.07) is 8.12. The molecule has 0 atom stereocenters. The summed E-state index contributed by atoms with van der Waals surface area (Å²) in [5, 5.41) is 25.0. The molecule has 1 aliphatic rings. The molecule has 0 unspecified atom stereocenters. The van der Waals surface area contributed by atoms with E-state index >= 15 is 0 Å². The van der Waals surface area contributed by atoms with Crippen LogP contribution < -0.4 is 0 Å². The third-order valence-corrected chi connectivity index (χ3v) is 4.27. The van der Waals surface area contributed by atoms with E-state index in [1.165, 1.54) is 31.2 Å². The first-order valence-corrected chi connectivity index (χ1v) is 7.83. The number of unbranched alkanes of at least 4 members (excludes halogenated alkanes) is 1. The summed E-state index contributed by atoms with van der Waals surface area (Å²) in [4.78, 5) is 0. The zero-order valence-corrected chi connectivity index (χ0v) is 12.6. The van der Waals surface area contributed by atoms with E-state index in [0.717, 1.165) is 18.4 Å². The quantitative estimate of drug-likeness (QED) is 0.458. The molecule has 1 aliphatic carbocycles. The molecule has 2 N–H and O–H groups in total. The molecule has 4 nitrogen and oxygen atoms in total. The van der Waals surface area contributed by atoms with E-state index in [-0.39, 0.29) is 0 Å². The van der Waals surface area contributed by atoms with Crippen LogP contribution in [0.1, 0.15) is 68.9 Å². The van der Waals surface area contributed by atoms with E-state index < -0.39 is 0 Å². The predicted molar refractivity (Wildman–Crippen MR) is 84.7 cm³/mol. The highest BCUT2D eigenvalue weighted by molar-refractivity contribution is 6.48. The van der Waals surface area contributed by atoms with Gasteiger partial charge in [-0.3, -0.25) is 0 Å². The largest absolute Gasteiger partial charge is 0.411 e. The topological polar surface area (TPSA) is 65.2 Å². The first-order valence-electron chi connectivity index (χ1n) is 7.83. The third-order valence-electron chi connectivity index (χ3n) is 4.27. The first-order chi connectivity index (χ1) is 10.3. The first kappa shape index (κ1) is 15.5. The minimum Gasteiger partial charge on any atom is -0.411 e. The van der Waals surface area contributed by atoms with Crippen molar-refractivity contribution in [3.63, 3.8) is 0 Å². The molecule has 0 radical (unpaired) electrons. The smallest absolute Gasteiger partial charge is 0.134 e. The van der Waals surface area contributed by atoms with Crippen molar-refractivity contribution >= 4 is 11.4 Å². The van der Waals surface area contributed by atoms with E-state index in [1.807, 2.05) is 12.1 Å². The highest BCUT2D eigenvalue weighted by atomic mass is 16.4. The van der Waals surface area contributed by atoms with E-state index in [2.05, 4.69) is 29.4 Å². The van der Waals surface area contributed by atoms with Gasteiger partial charge in [-0.1, -0.05) is 60.8 Å². The van der Waals surface area contributed by atoms with E-state index in [1.54, 1.807) is 0 Å². The third kappa shape index (κ3) is 3.84. The molecule has 0 bridgehead atoms. The Morgan fingerprint density at radius 2 is 1.76 bits per heavy atom. The van der Waals surface area contributed by atoms with E-state index in [4.69, 9.17) is 5.21 Å². The summed E-state index contributed by atoms with van der Waals surface area (Å²) >= 11 is 0. The maximum atomic E-state index is 9.26. The maximum absolute atomic E-state index is 9.26. The van der Waals surface area contributed by atoms with Crippen LogP contribution in [0, 0.1) is 0 Å². The number of hydrogen-bond donors (Lipinski definition) is 2. The van der Waals surface area contributed by atoms with Crippen molar-refractivity contribution in [2.24, 2.45) is 10.3 Å². The summed E-state index contributed by atoms with van der Waals surface area (Å²) in [7, 11) is 0. The summed E-state index contributed by atoms with van der Waals surface area (Å²) in [5.41, 5.74) is 2.95. The summed E-state index contributed by atoms with van der Waals surface area (Å²) in [6.45, 7) is 2.07. The second-order valence-corrected chi connectivity index (χ2v) is 5.70. The van der Waals surface area contributed by atoms with Gasteiger partial charge in [-0.25, -0.2) is 0 Å². The normalized spacial score (nSPS) is 17.4. The van der Waals surface area contributed by atoms with Crippen LogP contribution in [0.3, 0.4) is 0 Å². The van der Waals surface area contributed by atoms with Gasteiger partial charge in [0.2, 0.25) is 0 Å². The highest BCUT2D eigenvalue weighted by Crippen LogP contribution is 2.34. The van der Waals surface area contributed by atoms with Crippen molar-refractivity contribution in [1.82, 2.24) is 0 Å². The summed E-state index contributed by atoms with van der Waals surface area (Å²) in [6.07, 6.45) is 7.66. The van der Waals surface area contributed by atoms with Gasteiger partial charge in [0.05, 0.1) is 0 Å². The van der Waals surface area contributed by atoms with Gasteiger partial charge in [-0.2, -0.15) is 0 Å². The number of oxime groups is 2. The van der Waals surface area contributed by atoms with Gasteiger partial charge in [0, 0.05) is 5.56 Å². The lowest BCUT2D eigenvalue weighted by atomic mass is 9.94. The fourth-order valence-electron chi connectivity index (χ4n) is 3.01. The molecule has 21 heavy (non-hydrogen) atoms. The molecule has 0 spiro atoms. The SMILES string of the molecule is CCCCC(=N\O)/C(=N\O)c1ccc(C2CCCC2)cc1. The Bertz CT molecular complexity index is 500. The van der Waals surface area contributed by atoms with Crippen LogP contribution in [0.15, 0.2) is 34.6 Å². The Kier molecular flexibility index (Phi) is 5.78. The lowest BCUT2D eigenvalue weighted by Gasteiger charge is -2.11. The summed E-state index contributed by atoms with van der Waals surface area (Å²) in [5.74, 6) is 0.666.